The molecule has 0 saturated carbocycles. The highest BCUT2D eigenvalue weighted by molar-refractivity contribution is 6.31. The van der Waals surface area contributed by atoms with Gasteiger partial charge in [0.2, 0.25) is 5.91 Å². The molecule has 21 heavy (non-hydrogen) atoms. The van der Waals surface area contributed by atoms with Crippen LogP contribution in [0.4, 0.5) is 4.39 Å². The van der Waals surface area contributed by atoms with Crippen molar-refractivity contribution in [2.24, 2.45) is 5.92 Å². The van der Waals surface area contributed by atoms with Crippen LogP contribution in [0.1, 0.15) is 31.2 Å². The van der Waals surface area contributed by atoms with Gasteiger partial charge in [-0.05, 0) is 50.4 Å². The van der Waals surface area contributed by atoms with E-state index in [-0.39, 0.29) is 18.3 Å². The highest BCUT2D eigenvalue weighted by atomic mass is 35.5. The Labute approximate surface area is 130 Å². The predicted molar refractivity (Wildman–Crippen MR) is 82.7 cm³/mol. The fourth-order valence-corrected chi connectivity index (χ4v) is 2.92. The fraction of sp³-hybridized carbons (Fsp3) is 0.562. The predicted octanol–water partition coefficient (Wildman–Crippen LogP) is 3.22. The summed E-state index contributed by atoms with van der Waals surface area (Å²) in [5, 5.41) is 3.72. The van der Waals surface area contributed by atoms with E-state index in [4.69, 9.17) is 11.6 Å². The molecule has 1 N–H and O–H groups in total. The summed E-state index contributed by atoms with van der Waals surface area (Å²) in [6.45, 7) is 2.29. The maximum Gasteiger partial charge on any atom is 0.222 e. The molecule has 1 aromatic rings. The Bertz CT molecular complexity index is 469. The molecule has 116 valence electrons. The second kappa shape index (κ2) is 7.76. The summed E-state index contributed by atoms with van der Waals surface area (Å²) in [7, 11) is 1.70. The smallest absolute Gasteiger partial charge is 0.222 e. The summed E-state index contributed by atoms with van der Waals surface area (Å²) in [6.07, 6.45) is 3.76. The second-order valence-electron chi connectivity index (χ2n) is 5.70. The Morgan fingerprint density at radius 3 is 3.00 bits per heavy atom. The number of benzene rings is 1. The number of carbonyl (C=O) groups is 1. The third kappa shape index (κ3) is 4.68. The summed E-state index contributed by atoms with van der Waals surface area (Å²) in [4.78, 5) is 13.7. The van der Waals surface area contributed by atoms with Gasteiger partial charge in [0.05, 0.1) is 0 Å². The van der Waals surface area contributed by atoms with E-state index in [1.807, 2.05) is 0 Å². The van der Waals surface area contributed by atoms with Gasteiger partial charge in [0.25, 0.3) is 0 Å². The van der Waals surface area contributed by atoms with Crippen molar-refractivity contribution in [1.29, 1.82) is 0 Å². The van der Waals surface area contributed by atoms with Crippen LogP contribution in [-0.2, 0) is 11.3 Å². The Morgan fingerprint density at radius 1 is 1.52 bits per heavy atom. The van der Waals surface area contributed by atoms with Gasteiger partial charge in [-0.25, -0.2) is 4.39 Å². The number of hydrogen-bond acceptors (Lipinski definition) is 2. The minimum Gasteiger partial charge on any atom is -0.341 e. The molecule has 3 nitrogen and oxygen atoms in total. The van der Waals surface area contributed by atoms with Gasteiger partial charge in [-0.2, -0.15) is 0 Å². The van der Waals surface area contributed by atoms with Crippen LogP contribution in [0.15, 0.2) is 18.2 Å². The number of halogens is 2. The van der Waals surface area contributed by atoms with E-state index >= 15 is 0 Å². The van der Waals surface area contributed by atoms with Crippen LogP contribution >= 0.6 is 11.6 Å². The Kier molecular flexibility index (Phi) is 6.00. The summed E-state index contributed by atoms with van der Waals surface area (Å²) in [5.41, 5.74) is 0.384. The van der Waals surface area contributed by atoms with Crippen LogP contribution in [0.5, 0.6) is 0 Å². The highest BCUT2D eigenvalue weighted by Gasteiger charge is 2.18. The standard InChI is InChI=1S/C16H22ClFN2O/c1-20(11-13-14(17)5-2-6-15(13)18)16(21)8-7-12-4-3-9-19-10-12/h2,5-6,12,19H,3-4,7-11H2,1H3. The van der Waals surface area contributed by atoms with Gasteiger partial charge in [-0.3, -0.25) is 4.79 Å². The lowest BCUT2D eigenvalue weighted by atomic mass is 9.94. The van der Waals surface area contributed by atoms with Crippen molar-refractivity contribution in [1.82, 2.24) is 10.2 Å². The van der Waals surface area contributed by atoms with Gasteiger partial charge in [-0.1, -0.05) is 17.7 Å². The van der Waals surface area contributed by atoms with Crippen LogP contribution in [0.2, 0.25) is 5.02 Å². The molecule has 1 aliphatic rings. The van der Waals surface area contributed by atoms with E-state index in [1.54, 1.807) is 24.1 Å². The molecule has 0 aromatic heterocycles. The van der Waals surface area contributed by atoms with E-state index in [1.165, 1.54) is 18.9 Å². The molecule has 0 bridgehead atoms. The minimum atomic E-state index is -0.362. The Hall–Kier alpha value is -1.13. The maximum atomic E-state index is 13.7. The number of hydrogen-bond donors (Lipinski definition) is 1. The van der Waals surface area contributed by atoms with Crippen molar-refractivity contribution in [3.8, 4) is 0 Å². The van der Waals surface area contributed by atoms with E-state index in [9.17, 15) is 9.18 Å². The second-order valence-corrected chi connectivity index (χ2v) is 6.11. The quantitative estimate of drug-likeness (QED) is 0.905. The Balaban J connectivity index is 1.84. The van der Waals surface area contributed by atoms with Crippen molar-refractivity contribution in [3.63, 3.8) is 0 Å². The largest absolute Gasteiger partial charge is 0.341 e. The number of piperidine rings is 1. The molecule has 0 spiro atoms. The number of nitrogens with zero attached hydrogens (tertiary/aromatic N) is 1. The monoisotopic (exact) mass is 312 g/mol. The molecular formula is C16H22ClFN2O. The zero-order chi connectivity index (χ0) is 15.2. The molecule has 1 heterocycles. The van der Waals surface area contributed by atoms with Gasteiger partial charge >= 0.3 is 0 Å². The fourth-order valence-electron chi connectivity index (χ4n) is 2.70. The van der Waals surface area contributed by atoms with Gasteiger partial charge in [0.15, 0.2) is 0 Å². The average molecular weight is 313 g/mol. The lowest BCUT2D eigenvalue weighted by Crippen LogP contribution is -2.32. The molecule has 0 radical (unpaired) electrons. The molecule has 1 unspecified atom stereocenters. The Morgan fingerprint density at radius 2 is 2.33 bits per heavy atom. The first kappa shape index (κ1) is 16.2. The lowest BCUT2D eigenvalue weighted by Gasteiger charge is -2.24. The van der Waals surface area contributed by atoms with Crippen LogP contribution in [0.25, 0.3) is 0 Å². The third-order valence-electron chi connectivity index (χ3n) is 4.05. The van der Waals surface area contributed by atoms with E-state index < -0.39 is 0 Å². The van der Waals surface area contributed by atoms with Gasteiger partial charge in [-0.15, -0.1) is 0 Å². The number of nitrogens with one attached hydrogen (secondary N) is 1. The molecule has 2 rings (SSSR count). The highest BCUT2D eigenvalue weighted by Crippen LogP contribution is 2.21. The van der Waals surface area contributed by atoms with Crippen LogP contribution < -0.4 is 5.32 Å². The van der Waals surface area contributed by atoms with Crippen molar-refractivity contribution < 1.29 is 9.18 Å². The van der Waals surface area contributed by atoms with Crippen molar-refractivity contribution in [3.05, 3.63) is 34.6 Å². The van der Waals surface area contributed by atoms with Gasteiger partial charge in [0, 0.05) is 30.6 Å². The number of carbonyl (C=O) groups excluding carboxylic acids is 1. The molecule has 1 atom stereocenters. The molecule has 1 saturated heterocycles. The molecule has 1 aliphatic heterocycles. The minimum absolute atomic E-state index is 0.0416. The zero-order valence-electron chi connectivity index (χ0n) is 12.4. The van der Waals surface area contributed by atoms with Crippen molar-refractivity contribution in [2.45, 2.75) is 32.2 Å². The van der Waals surface area contributed by atoms with Gasteiger partial charge in [0.1, 0.15) is 5.82 Å². The van der Waals surface area contributed by atoms with E-state index in [0.717, 1.165) is 19.5 Å². The molecule has 1 fully saturated rings. The molecule has 0 aliphatic carbocycles. The SMILES string of the molecule is CN(Cc1c(F)cccc1Cl)C(=O)CCC1CCCNC1. The first-order chi connectivity index (χ1) is 10.1. The molecule has 1 amide bonds. The average Bonchev–Trinajstić information content (AvgIpc) is 2.49. The van der Waals surface area contributed by atoms with Crippen LogP contribution in [-0.4, -0.2) is 30.9 Å². The normalized spacial score (nSPS) is 18.5. The van der Waals surface area contributed by atoms with Crippen molar-refractivity contribution in [2.75, 3.05) is 20.1 Å². The topological polar surface area (TPSA) is 32.3 Å². The number of rotatable bonds is 5. The first-order valence-corrected chi connectivity index (χ1v) is 7.83. The summed E-state index contributed by atoms with van der Waals surface area (Å²) >= 11 is 5.99. The maximum absolute atomic E-state index is 13.7. The zero-order valence-corrected chi connectivity index (χ0v) is 13.1. The summed E-state index contributed by atoms with van der Waals surface area (Å²) < 4.78 is 13.7. The third-order valence-corrected chi connectivity index (χ3v) is 4.40. The molecular weight excluding hydrogens is 291 g/mol. The van der Waals surface area contributed by atoms with Gasteiger partial charge < -0.3 is 10.2 Å². The molecule has 1 aromatic carbocycles. The van der Waals surface area contributed by atoms with E-state index in [0.29, 0.717) is 22.9 Å². The van der Waals surface area contributed by atoms with Crippen LogP contribution in [0, 0.1) is 11.7 Å². The van der Waals surface area contributed by atoms with E-state index in [2.05, 4.69) is 5.32 Å². The number of amides is 1. The lowest BCUT2D eigenvalue weighted by molar-refractivity contribution is -0.130. The van der Waals surface area contributed by atoms with Crippen molar-refractivity contribution >= 4 is 17.5 Å². The first-order valence-electron chi connectivity index (χ1n) is 7.45. The van der Waals surface area contributed by atoms with Crippen LogP contribution in [0.3, 0.4) is 0 Å². The summed E-state index contributed by atoms with van der Waals surface area (Å²) in [5.74, 6) is 0.256. The summed E-state index contributed by atoms with van der Waals surface area (Å²) in [6, 6.07) is 4.58. The molecule has 5 heteroatoms.